The number of nitrogen functional groups attached to an aromatic ring is 1. The smallest absolute Gasteiger partial charge is 0.341 e. The van der Waals surface area contributed by atoms with Crippen molar-refractivity contribution in [3.05, 3.63) is 88.4 Å². The summed E-state index contributed by atoms with van der Waals surface area (Å²) in [6.07, 6.45) is 0.522. The highest BCUT2D eigenvalue weighted by atomic mass is 32.1. The molecule has 0 aliphatic carbocycles. The molecule has 0 aliphatic heterocycles. The van der Waals surface area contributed by atoms with Crippen LogP contribution in [0.1, 0.15) is 45.0 Å². The fraction of sp³-hybridized carbons (Fsp3) is 0.125. The number of benzene rings is 2. The molecular formula is C24H21N3O4S. The number of ketones is 1. The summed E-state index contributed by atoms with van der Waals surface area (Å²) in [6.45, 7) is 1.99. The zero-order valence-electron chi connectivity index (χ0n) is 17.3. The number of hydrogen-bond acceptors (Lipinski definition) is 8. The van der Waals surface area contributed by atoms with Gasteiger partial charge in [0.25, 0.3) is 0 Å². The highest BCUT2D eigenvalue weighted by Crippen LogP contribution is 2.36. The largest absolute Gasteiger partial charge is 0.471 e. The topological polar surface area (TPSA) is 118 Å². The zero-order chi connectivity index (χ0) is 22.7. The predicted octanol–water partition coefficient (Wildman–Crippen LogP) is 4.32. The van der Waals surface area contributed by atoms with E-state index in [2.05, 4.69) is 4.98 Å². The third-order valence-electron chi connectivity index (χ3n) is 4.85. The van der Waals surface area contributed by atoms with Crippen LogP contribution in [0.2, 0.25) is 0 Å². The number of pyridine rings is 1. The minimum absolute atomic E-state index is 0.113. The van der Waals surface area contributed by atoms with Gasteiger partial charge in [-0.15, -0.1) is 11.3 Å². The Morgan fingerprint density at radius 3 is 2.59 bits per heavy atom. The monoisotopic (exact) mass is 447 g/mol. The van der Waals surface area contributed by atoms with Crippen LogP contribution in [0.25, 0.3) is 10.1 Å². The molecule has 162 valence electrons. The third-order valence-corrected chi connectivity index (χ3v) is 5.88. The molecule has 0 saturated heterocycles. The SMILES string of the molecule is CCOC(=O)c1cnc(N)c2c(C(N)Oc3cccc(C(=O)c4ccccc4)c3)csc12. The lowest BCUT2D eigenvalue weighted by Crippen LogP contribution is -2.18. The highest BCUT2D eigenvalue weighted by Gasteiger charge is 2.22. The first-order valence-electron chi connectivity index (χ1n) is 9.94. The van der Waals surface area contributed by atoms with Crippen LogP contribution in [0.5, 0.6) is 5.75 Å². The van der Waals surface area contributed by atoms with Gasteiger partial charge in [-0.3, -0.25) is 10.5 Å². The molecule has 32 heavy (non-hydrogen) atoms. The van der Waals surface area contributed by atoms with E-state index in [0.717, 1.165) is 0 Å². The molecule has 0 bridgehead atoms. The van der Waals surface area contributed by atoms with Crippen LogP contribution in [0.15, 0.2) is 66.2 Å². The van der Waals surface area contributed by atoms with E-state index in [4.69, 9.17) is 20.9 Å². The highest BCUT2D eigenvalue weighted by molar-refractivity contribution is 7.17. The van der Waals surface area contributed by atoms with Crippen molar-refractivity contribution < 1.29 is 19.1 Å². The molecular weight excluding hydrogens is 426 g/mol. The Balaban J connectivity index is 1.62. The number of anilines is 1. The number of rotatable bonds is 7. The Hall–Kier alpha value is -3.75. The summed E-state index contributed by atoms with van der Waals surface area (Å²) >= 11 is 1.32. The van der Waals surface area contributed by atoms with Crippen LogP contribution in [0.3, 0.4) is 0 Å². The van der Waals surface area contributed by atoms with Gasteiger partial charge in [0.2, 0.25) is 0 Å². The molecule has 4 aromatic rings. The number of carbonyl (C=O) groups excluding carboxylic acids is 2. The molecule has 2 heterocycles. The maximum absolute atomic E-state index is 12.7. The van der Waals surface area contributed by atoms with Crippen LogP contribution in [-0.4, -0.2) is 23.3 Å². The summed E-state index contributed by atoms with van der Waals surface area (Å²) in [6, 6.07) is 15.8. The molecule has 1 unspecified atom stereocenters. The van der Waals surface area contributed by atoms with Crippen molar-refractivity contribution in [1.29, 1.82) is 0 Å². The minimum atomic E-state index is -0.882. The Morgan fingerprint density at radius 2 is 1.84 bits per heavy atom. The normalized spacial score (nSPS) is 11.8. The summed E-state index contributed by atoms with van der Waals surface area (Å²) in [7, 11) is 0. The number of carbonyl (C=O) groups is 2. The van der Waals surface area contributed by atoms with Crippen molar-refractivity contribution in [2.45, 2.75) is 13.2 Å². The van der Waals surface area contributed by atoms with E-state index in [1.54, 1.807) is 48.7 Å². The molecule has 0 aliphatic rings. The van der Waals surface area contributed by atoms with Gasteiger partial charge in [0, 0.05) is 33.7 Å². The average Bonchev–Trinajstić information content (AvgIpc) is 3.26. The van der Waals surface area contributed by atoms with Gasteiger partial charge in [0.15, 0.2) is 12.0 Å². The van der Waals surface area contributed by atoms with Crippen molar-refractivity contribution >= 4 is 39.0 Å². The van der Waals surface area contributed by atoms with Crippen molar-refractivity contribution in [3.8, 4) is 5.75 Å². The van der Waals surface area contributed by atoms with Gasteiger partial charge in [-0.05, 0) is 19.1 Å². The third kappa shape index (κ3) is 4.18. The van der Waals surface area contributed by atoms with Crippen molar-refractivity contribution in [2.75, 3.05) is 12.3 Å². The molecule has 2 aromatic heterocycles. The molecule has 4 N–H and O–H groups in total. The molecule has 2 aromatic carbocycles. The fourth-order valence-electron chi connectivity index (χ4n) is 3.33. The minimum Gasteiger partial charge on any atom is -0.471 e. The summed E-state index contributed by atoms with van der Waals surface area (Å²) < 4.78 is 11.7. The van der Waals surface area contributed by atoms with E-state index in [0.29, 0.717) is 38.1 Å². The molecule has 0 saturated carbocycles. The Kier molecular flexibility index (Phi) is 6.16. The van der Waals surface area contributed by atoms with E-state index >= 15 is 0 Å². The standard InChI is InChI=1S/C24H21N3O4S/c1-2-30-24(29)17-12-27-22(25)19-18(13-32-21(17)19)23(26)31-16-10-6-9-15(11-16)20(28)14-7-4-3-5-8-14/h3-13,23H,2,26H2,1H3,(H2,25,27). The van der Waals surface area contributed by atoms with Gasteiger partial charge < -0.3 is 15.2 Å². The van der Waals surface area contributed by atoms with Crippen LogP contribution in [0, 0.1) is 0 Å². The van der Waals surface area contributed by atoms with Crippen LogP contribution < -0.4 is 16.2 Å². The van der Waals surface area contributed by atoms with E-state index in [1.807, 2.05) is 18.2 Å². The van der Waals surface area contributed by atoms with Crippen molar-refractivity contribution in [3.63, 3.8) is 0 Å². The number of fused-ring (bicyclic) bond motifs is 1. The number of nitrogens with zero attached hydrogens (tertiary/aromatic N) is 1. The zero-order valence-corrected chi connectivity index (χ0v) is 18.1. The number of nitrogens with two attached hydrogens (primary N) is 2. The number of hydrogen-bond donors (Lipinski definition) is 2. The lowest BCUT2D eigenvalue weighted by atomic mass is 10.0. The molecule has 7 nitrogen and oxygen atoms in total. The summed E-state index contributed by atoms with van der Waals surface area (Å²) in [5, 5.41) is 2.35. The molecule has 0 fully saturated rings. The van der Waals surface area contributed by atoms with E-state index in [-0.39, 0.29) is 18.2 Å². The van der Waals surface area contributed by atoms with E-state index in [9.17, 15) is 9.59 Å². The lowest BCUT2D eigenvalue weighted by Gasteiger charge is -2.15. The second-order valence-electron chi connectivity index (χ2n) is 6.93. The second-order valence-corrected chi connectivity index (χ2v) is 7.81. The van der Waals surface area contributed by atoms with E-state index < -0.39 is 12.2 Å². The lowest BCUT2D eigenvalue weighted by molar-refractivity contribution is 0.0528. The van der Waals surface area contributed by atoms with Gasteiger partial charge >= 0.3 is 5.97 Å². The Morgan fingerprint density at radius 1 is 1.09 bits per heavy atom. The van der Waals surface area contributed by atoms with Gasteiger partial charge in [0.05, 0.1) is 16.9 Å². The number of aromatic nitrogens is 1. The molecule has 1 atom stereocenters. The first kappa shape index (κ1) is 21.5. The quantitative estimate of drug-likeness (QED) is 0.246. The Labute approximate surface area is 188 Å². The van der Waals surface area contributed by atoms with Crippen LogP contribution in [-0.2, 0) is 4.74 Å². The maximum Gasteiger partial charge on any atom is 0.341 e. The van der Waals surface area contributed by atoms with Crippen LogP contribution >= 0.6 is 11.3 Å². The van der Waals surface area contributed by atoms with Gasteiger partial charge in [-0.25, -0.2) is 9.78 Å². The predicted molar refractivity (Wildman–Crippen MR) is 124 cm³/mol. The van der Waals surface area contributed by atoms with Crippen molar-refractivity contribution in [1.82, 2.24) is 4.98 Å². The number of ether oxygens (including phenoxy) is 2. The first-order valence-corrected chi connectivity index (χ1v) is 10.8. The Bertz CT molecular complexity index is 1290. The molecule has 0 amide bonds. The van der Waals surface area contributed by atoms with Crippen LogP contribution in [0.4, 0.5) is 5.82 Å². The summed E-state index contributed by atoms with van der Waals surface area (Å²) in [4.78, 5) is 29.1. The van der Waals surface area contributed by atoms with Crippen molar-refractivity contribution in [2.24, 2.45) is 5.73 Å². The number of thiophene rings is 1. The van der Waals surface area contributed by atoms with Gasteiger partial charge in [-0.2, -0.15) is 0 Å². The average molecular weight is 448 g/mol. The summed E-state index contributed by atoms with van der Waals surface area (Å²) in [5.74, 6) is 0.0983. The molecule has 8 heteroatoms. The molecule has 0 radical (unpaired) electrons. The van der Waals surface area contributed by atoms with Gasteiger partial charge in [0.1, 0.15) is 11.6 Å². The first-order chi connectivity index (χ1) is 15.5. The second kappa shape index (κ2) is 9.17. The molecule has 0 spiro atoms. The fourth-order valence-corrected chi connectivity index (χ4v) is 4.43. The number of esters is 1. The maximum atomic E-state index is 12.7. The van der Waals surface area contributed by atoms with Gasteiger partial charge in [-0.1, -0.05) is 42.5 Å². The summed E-state index contributed by atoms with van der Waals surface area (Å²) in [5.41, 5.74) is 14.4. The molecule has 4 rings (SSSR count). The van der Waals surface area contributed by atoms with E-state index in [1.165, 1.54) is 17.5 Å².